The second kappa shape index (κ2) is 41.8. The lowest BCUT2D eigenvalue weighted by molar-refractivity contribution is -0.146. The van der Waals surface area contributed by atoms with E-state index in [1.54, 1.807) is 0 Å². The van der Waals surface area contributed by atoms with Crippen LogP contribution < -0.4 is 0 Å². The van der Waals surface area contributed by atoms with E-state index in [1.165, 1.54) is 103 Å². The number of carboxylic acid groups (broad SMARTS) is 1. The fourth-order valence-corrected chi connectivity index (χ4v) is 7.49. The molecule has 334 valence electrons. The fourth-order valence-electron chi connectivity index (χ4n) is 7.49. The predicted molar refractivity (Wildman–Crippen MR) is 239 cm³/mol. The number of ether oxygens (including phenoxy) is 3. The van der Waals surface area contributed by atoms with Crippen LogP contribution in [0.5, 0.6) is 0 Å². The number of carbonyl (C=O) groups is 3. The van der Waals surface area contributed by atoms with E-state index in [9.17, 15) is 19.5 Å². The van der Waals surface area contributed by atoms with Crippen LogP contribution in [0.15, 0.2) is 24.3 Å². The molecule has 0 aromatic carbocycles. The summed E-state index contributed by atoms with van der Waals surface area (Å²) in [7, 11) is 0. The quantitative estimate of drug-likeness (QED) is 0.0370. The summed E-state index contributed by atoms with van der Waals surface area (Å²) in [5, 5.41) is 10.1. The monoisotopic (exact) mass is 806 g/mol. The number of hydrogen-bond donors (Lipinski definition) is 1. The molecule has 0 radical (unpaired) electrons. The number of carboxylic acids is 1. The van der Waals surface area contributed by atoms with Gasteiger partial charge in [0.1, 0.15) is 6.61 Å². The van der Waals surface area contributed by atoms with Gasteiger partial charge >= 0.3 is 18.1 Å². The maximum Gasteiger partial charge on any atom is 0.508 e. The topological polar surface area (TPSA) is 102 Å². The molecule has 0 saturated carbocycles. The highest BCUT2D eigenvalue weighted by atomic mass is 16.7. The molecule has 0 amide bonds. The molecule has 0 rings (SSSR count). The predicted octanol–water partition coefficient (Wildman–Crippen LogP) is 14.1. The Hall–Kier alpha value is -2.35. The molecule has 8 heteroatoms. The highest BCUT2D eigenvalue weighted by Gasteiger charge is 2.25. The van der Waals surface area contributed by atoms with Crippen LogP contribution in [0.25, 0.3) is 0 Å². The minimum absolute atomic E-state index is 0.0374. The third kappa shape index (κ3) is 36.5. The number of carbonyl (C=O) groups excluding carboxylic acids is 2. The van der Waals surface area contributed by atoms with Crippen molar-refractivity contribution in [2.45, 2.75) is 214 Å². The van der Waals surface area contributed by atoms with Gasteiger partial charge in [0.2, 0.25) is 0 Å². The summed E-state index contributed by atoms with van der Waals surface area (Å²) in [4.78, 5) is 40.1. The van der Waals surface area contributed by atoms with Crippen LogP contribution in [0.4, 0.5) is 4.79 Å². The number of unbranched alkanes of at least 4 members (excludes halogenated alkanes) is 15. The number of rotatable bonds is 42. The zero-order valence-corrected chi connectivity index (χ0v) is 37.9. The summed E-state index contributed by atoms with van der Waals surface area (Å²) in [6.07, 6.45) is 38.3. The van der Waals surface area contributed by atoms with Gasteiger partial charge in [-0.15, -0.1) is 0 Å². The van der Waals surface area contributed by atoms with E-state index < -0.39 is 24.0 Å². The molecule has 0 aliphatic carbocycles. The summed E-state index contributed by atoms with van der Waals surface area (Å²) in [6.45, 7) is 13.9. The van der Waals surface area contributed by atoms with Gasteiger partial charge in [-0.2, -0.15) is 0 Å². The minimum atomic E-state index is -0.855. The second-order valence-electron chi connectivity index (χ2n) is 16.4. The molecule has 0 aromatic heterocycles. The number of nitrogens with zero attached hydrogens (tertiary/aromatic N) is 1. The molecule has 0 heterocycles. The van der Waals surface area contributed by atoms with Crippen LogP contribution in [-0.4, -0.2) is 67.6 Å². The molecule has 2 atom stereocenters. The van der Waals surface area contributed by atoms with Crippen molar-refractivity contribution in [2.75, 3.05) is 39.5 Å². The first kappa shape index (κ1) is 54.6. The maximum atomic E-state index is 13.0. The molecule has 2 unspecified atom stereocenters. The van der Waals surface area contributed by atoms with Gasteiger partial charge < -0.3 is 24.2 Å². The molecule has 0 bridgehead atoms. The van der Waals surface area contributed by atoms with Crippen molar-refractivity contribution >= 4 is 18.1 Å². The standard InChI is InChI=1S/C49H91NO7/c1-6-11-14-17-18-19-20-21-22-23-24-25-28-31-37-46(48(52)53)41-45(43-57-49(54)55-40-33-39-50(9-4)10-5)42-56-47(51)38-32-36-44(34-29-26-15-12-7-2)35-30-27-16-13-8-3/h18-19,21-22,44-46H,6-17,20,23-43H2,1-5H3,(H,52,53)/b19-18-,22-21-. The van der Waals surface area contributed by atoms with Gasteiger partial charge in [-0.1, -0.05) is 168 Å². The molecule has 0 aromatic rings. The number of hydrogen-bond acceptors (Lipinski definition) is 7. The molecule has 8 nitrogen and oxygen atoms in total. The van der Waals surface area contributed by atoms with Crippen LogP contribution >= 0.6 is 0 Å². The molecular formula is C49H91NO7. The Morgan fingerprint density at radius 2 is 1.05 bits per heavy atom. The van der Waals surface area contributed by atoms with Crippen molar-refractivity contribution in [2.24, 2.45) is 17.8 Å². The van der Waals surface area contributed by atoms with E-state index in [0.717, 1.165) is 71.0 Å². The van der Waals surface area contributed by atoms with Crippen molar-refractivity contribution in [3.05, 3.63) is 24.3 Å². The maximum absolute atomic E-state index is 13.0. The Bertz CT molecular complexity index is 965. The highest BCUT2D eigenvalue weighted by Crippen LogP contribution is 2.25. The normalized spacial score (nSPS) is 12.9. The molecule has 0 aliphatic heterocycles. The minimum Gasteiger partial charge on any atom is -0.481 e. The lowest BCUT2D eigenvalue weighted by Crippen LogP contribution is -2.27. The summed E-state index contributed by atoms with van der Waals surface area (Å²) in [6, 6.07) is 0. The van der Waals surface area contributed by atoms with Crippen molar-refractivity contribution in [3.8, 4) is 0 Å². The molecule has 0 aliphatic rings. The first-order valence-corrected chi connectivity index (χ1v) is 24.0. The van der Waals surface area contributed by atoms with E-state index in [2.05, 4.69) is 63.8 Å². The Labute approximate surface area is 351 Å². The highest BCUT2D eigenvalue weighted by molar-refractivity contribution is 5.70. The lowest BCUT2D eigenvalue weighted by atomic mass is 9.90. The van der Waals surface area contributed by atoms with Crippen LogP contribution in [0.3, 0.4) is 0 Å². The molecule has 0 spiro atoms. The Balaban J connectivity index is 5.02. The van der Waals surface area contributed by atoms with Crippen LogP contribution in [0, 0.1) is 17.8 Å². The largest absolute Gasteiger partial charge is 0.508 e. The summed E-state index contributed by atoms with van der Waals surface area (Å²) >= 11 is 0. The van der Waals surface area contributed by atoms with E-state index in [1.807, 2.05) is 0 Å². The fraction of sp³-hybridized carbons (Fsp3) is 0.857. The third-order valence-corrected chi connectivity index (χ3v) is 11.3. The van der Waals surface area contributed by atoms with Crippen LogP contribution in [0.1, 0.15) is 214 Å². The van der Waals surface area contributed by atoms with E-state index >= 15 is 0 Å². The van der Waals surface area contributed by atoms with Crippen molar-refractivity contribution in [1.29, 1.82) is 0 Å². The number of allylic oxidation sites excluding steroid dienone is 4. The first-order valence-electron chi connectivity index (χ1n) is 24.0. The second-order valence-corrected chi connectivity index (χ2v) is 16.4. The van der Waals surface area contributed by atoms with Gasteiger partial charge in [0.15, 0.2) is 0 Å². The first-order chi connectivity index (χ1) is 27.8. The van der Waals surface area contributed by atoms with Crippen LogP contribution in [0.2, 0.25) is 0 Å². The third-order valence-electron chi connectivity index (χ3n) is 11.3. The smallest absolute Gasteiger partial charge is 0.481 e. The van der Waals surface area contributed by atoms with Gasteiger partial charge in [0, 0.05) is 18.9 Å². The summed E-state index contributed by atoms with van der Waals surface area (Å²) in [5.41, 5.74) is 0. The Morgan fingerprint density at radius 3 is 1.63 bits per heavy atom. The zero-order valence-electron chi connectivity index (χ0n) is 37.9. The SMILES string of the molecule is CCCCC/C=C\C/C=C\CCCCCCC(CC(COC(=O)CCCC(CCCCCCC)CCCCCCC)COC(=O)OCCCN(CC)CC)C(=O)O. The van der Waals surface area contributed by atoms with Gasteiger partial charge in [0.05, 0.1) is 19.1 Å². The summed E-state index contributed by atoms with van der Waals surface area (Å²) in [5.74, 6) is -1.47. The number of aliphatic carboxylic acids is 1. The van der Waals surface area contributed by atoms with Gasteiger partial charge in [-0.3, -0.25) is 9.59 Å². The van der Waals surface area contributed by atoms with Crippen molar-refractivity contribution < 1.29 is 33.7 Å². The van der Waals surface area contributed by atoms with Crippen LogP contribution in [-0.2, 0) is 23.8 Å². The van der Waals surface area contributed by atoms with E-state index in [0.29, 0.717) is 25.2 Å². The van der Waals surface area contributed by atoms with E-state index in [-0.39, 0.29) is 32.2 Å². The average Bonchev–Trinajstić information content (AvgIpc) is 3.20. The molecule has 0 saturated heterocycles. The van der Waals surface area contributed by atoms with Crippen molar-refractivity contribution in [3.63, 3.8) is 0 Å². The molecular weight excluding hydrogens is 715 g/mol. The average molecular weight is 806 g/mol. The zero-order chi connectivity index (χ0) is 42.0. The molecule has 0 fully saturated rings. The Morgan fingerprint density at radius 1 is 0.544 bits per heavy atom. The van der Waals surface area contributed by atoms with Gasteiger partial charge in [-0.05, 0) is 83.2 Å². The van der Waals surface area contributed by atoms with Gasteiger partial charge in [0.25, 0.3) is 0 Å². The summed E-state index contributed by atoms with van der Waals surface area (Å²) < 4.78 is 16.5. The molecule has 57 heavy (non-hydrogen) atoms. The lowest BCUT2D eigenvalue weighted by Gasteiger charge is -2.21. The molecule has 1 N–H and O–H groups in total. The Kier molecular flexibility index (Phi) is 40.1. The van der Waals surface area contributed by atoms with Crippen molar-refractivity contribution in [1.82, 2.24) is 4.90 Å². The van der Waals surface area contributed by atoms with Gasteiger partial charge in [-0.25, -0.2) is 4.79 Å². The number of esters is 1. The van der Waals surface area contributed by atoms with E-state index in [4.69, 9.17) is 14.2 Å².